The van der Waals surface area contributed by atoms with E-state index in [1.54, 1.807) is 36.4 Å². The molecule has 0 aromatic heterocycles. The summed E-state index contributed by atoms with van der Waals surface area (Å²) in [5.41, 5.74) is 4.26. The SMILES string of the molecule is CC(C)=CCC[C@H](C)CCN1C(=O)c2ccc3c4c(C#N)cc5c6c(cc(C#N)c(c7ccc(c2c37)C1=O)c64)C(=O)N(CC[C@@H](C)CCC=C(C)C)C5=O. The molecule has 5 aromatic carbocycles. The first-order valence-electron chi connectivity index (χ1n) is 18.9. The highest BCUT2D eigenvalue weighted by molar-refractivity contribution is 6.42. The molecule has 2 aliphatic rings. The van der Waals surface area contributed by atoms with E-state index in [9.17, 15) is 29.7 Å². The zero-order valence-electron chi connectivity index (χ0n) is 31.9. The molecule has 0 saturated heterocycles. The first-order chi connectivity index (χ1) is 25.9. The predicted molar refractivity (Wildman–Crippen MR) is 213 cm³/mol. The first-order valence-corrected chi connectivity index (χ1v) is 18.9. The van der Waals surface area contributed by atoms with Gasteiger partial charge in [0.2, 0.25) is 0 Å². The van der Waals surface area contributed by atoms with Crippen LogP contribution in [-0.2, 0) is 0 Å². The highest BCUT2D eigenvalue weighted by Crippen LogP contribution is 2.48. The van der Waals surface area contributed by atoms with Gasteiger partial charge < -0.3 is 0 Å². The third kappa shape index (κ3) is 5.91. The second kappa shape index (κ2) is 14.2. The molecule has 2 heterocycles. The fourth-order valence-electron chi connectivity index (χ4n) is 8.45. The van der Waals surface area contributed by atoms with Crippen molar-refractivity contribution < 1.29 is 19.2 Å². The number of fused-ring (bicyclic) bond motifs is 2. The van der Waals surface area contributed by atoms with Crippen LogP contribution in [0.25, 0.3) is 43.1 Å². The monoisotopic (exact) mass is 716 g/mol. The number of carbonyl (C=O) groups excluding carboxylic acids is 4. The Bertz CT molecular complexity index is 2450. The topological polar surface area (TPSA) is 122 Å². The highest BCUT2D eigenvalue weighted by atomic mass is 16.2. The molecule has 54 heavy (non-hydrogen) atoms. The first kappa shape index (κ1) is 36.5. The standard InChI is InChI=1S/C46H44N4O4/c1-25(2)9-7-11-27(5)17-19-49-43(51)33-15-13-31-37-29(23-47)21-35-41-36(46(54)50(45(35)53)20-18-28(6)12-8-10-26(3)4)22-30(24-48)38(42(37)41)32-14-16-34(44(49)52)40(33)39(31)32/h9-10,13-16,21-22,27-28H,7-8,11-12,17-20H2,1-6H3/t27-,28-/m0/s1. The molecular formula is C46H44N4O4. The van der Waals surface area contributed by atoms with E-state index in [0.29, 0.717) is 79.5 Å². The fourth-order valence-corrected chi connectivity index (χ4v) is 8.45. The van der Waals surface area contributed by atoms with Crippen molar-refractivity contribution in [3.63, 3.8) is 0 Å². The van der Waals surface area contributed by atoms with E-state index < -0.39 is 11.8 Å². The van der Waals surface area contributed by atoms with E-state index in [1.165, 1.54) is 20.9 Å². The molecule has 0 saturated carbocycles. The molecule has 7 rings (SSSR count). The summed E-state index contributed by atoms with van der Waals surface area (Å²) in [7, 11) is 0. The smallest absolute Gasteiger partial charge is 0.261 e. The molecule has 2 atom stereocenters. The minimum Gasteiger partial charge on any atom is -0.274 e. The number of hydrogen-bond acceptors (Lipinski definition) is 6. The van der Waals surface area contributed by atoms with Gasteiger partial charge in [0.1, 0.15) is 0 Å². The van der Waals surface area contributed by atoms with Gasteiger partial charge in [-0.1, -0.05) is 49.3 Å². The Balaban J connectivity index is 1.35. The number of benzene rings is 5. The maximum atomic E-state index is 14.2. The number of amides is 4. The minimum atomic E-state index is -0.457. The van der Waals surface area contributed by atoms with Crippen molar-refractivity contribution in [2.24, 2.45) is 11.8 Å². The number of nitriles is 2. The zero-order chi connectivity index (χ0) is 38.6. The molecule has 8 heteroatoms. The zero-order valence-corrected chi connectivity index (χ0v) is 31.9. The summed E-state index contributed by atoms with van der Waals surface area (Å²) in [5, 5.41) is 25.5. The normalized spacial score (nSPS) is 15.0. The van der Waals surface area contributed by atoms with Gasteiger partial charge in [-0.25, -0.2) is 0 Å². The van der Waals surface area contributed by atoms with Crippen LogP contribution in [0, 0.1) is 34.5 Å². The van der Waals surface area contributed by atoms with Crippen LogP contribution in [0.5, 0.6) is 0 Å². The average Bonchev–Trinajstić information content (AvgIpc) is 3.14. The summed E-state index contributed by atoms with van der Waals surface area (Å²) in [6.07, 6.45) is 9.45. The van der Waals surface area contributed by atoms with Crippen LogP contribution in [0.2, 0.25) is 0 Å². The lowest BCUT2D eigenvalue weighted by molar-refractivity contribution is 0.0586. The van der Waals surface area contributed by atoms with Crippen LogP contribution in [0.3, 0.4) is 0 Å². The molecule has 0 unspecified atom stereocenters. The molecule has 272 valence electrons. The van der Waals surface area contributed by atoms with E-state index in [1.807, 2.05) is 0 Å². The van der Waals surface area contributed by atoms with Gasteiger partial charge in [-0.3, -0.25) is 29.0 Å². The Morgan fingerprint density at radius 3 is 1.33 bits per heavy atom. The van der Waals surface area contributed by atoms with Crippen molar-refractivity contribution in [1.82, 2.24) is 9.80 Å². The molecule has 2 aliphatic heterocycles. The highest BCUT2D eigenvalue weighted by Gasteiger charge is 2.38. The number of nitrogens with zero attached hydrogens (tertiary/aromatic N) is 4. The molecular weight excluding hydrogens is 673 g/mol. The van der Waals surface area contributed by atoms with E-state index >= 15 is 0 Å². The number of imide groups is 2. The lowest BCUT2D eigenvalue weighted by atomic mass is 9.79. The Kier molecular flexibility index (Phi) is 9.58. The number of hydrogen-bond donors (Lipinski definition) is 0. The molecule has 0 spiro atoms. The van der Waals surface area contributed by atoms with E-state index in [0.717, 1.165) is 25.7 Å². The molecule has 8 nitrogen and oxygen atoms in total. The van der Waals surface area contributed by atoms with E-state index in [2.05, 4.69) is 65.8 Å². The van der Waals surface area contributed by atoms with Crippen LogP contribution in [0.4, 0.5) is 0 Å². The Labute approximate surface area is 315 Å². The molecule has 0 N–H and O–H groups in total. The number of rotatable bonds is 12. The van der Waals surface area contributed by atoms with Gasteiger partial charge in [0.05, 0.1) is 34.4 Å². The molecule has 4 amide bonds. The molecule has 0 fully saturated rings. The van der Waals surface area contributed by atoms with Crippen molar-refractivity contribution in [3.8, 4) is 12.1 Å². The van der Waals surface area contributed by atoms with Crippen molar-refractivity contribution in [2.75, 3.05) is 13.1 Å². The second-order valence-electron chi connectivity index (χ2n) is 15.8. The van der Waals surface area contributed by atoms with Crippen LogP contribution in [0.15, 0.2) is 59.7 Å². The largest absolute Gasteiger partial charge is 0.274 e. The third-order valence-corrected chi connectivity index (χ3v) is 11.4. The Morgan fingerprint density at radius 2 is 0.944 bits per heavy atom. The van der Waals surface area contributed by atoms with Crippen LogP contribution in [0.1, 0.15) is 133 Å². The maximum absolute atomic E-state index is 14.2. The summed E-state index contributed by atoms with van der Waals surface area (Å²) >= 11 is 0. The van der Waals surface area contributed by atoms with Crippen LogP contribution < -0.4 is 0 Å². The van der Waals surface area contributed by atoms with Gasteiger partial charge in [0.15, 0.2) is 0 Å². The van der Waals surface area contributed by atoms with Gasteiger partial charge in [0.25, 0.3) is 23.6 Å². The van der Waals surface area contributed by atoms with Crippen molar-refractivity contribution >= 4 is 66.7 Å². The minimum absolute atomic E-state index is 0.223. The average molecular weight is 717 g/mol. The van der Waals surface area contributed by atoms with Crippen molar-refractivity contribution in [3.05, 3.63) is 93.1 Å². The van der Waals surface area contributed by atoms with Crippen molar-refractivity contribution in [2.45, 2.75) is 80.1 Å². The summed E-state index contributed by atoms with van der Waals surface area (Å²) < 4.78 is 0. The Hall–Kier alpha value is -5.86. The van der Waals surface area contributed by atoms with Gasteiger partial charge in [-0.2, -0.15) is 10.5 Å². The summed E-state index contributed by atoms with van der Waals surface area (Å²) in [5.74, 6) is -1.06. The maximum Gasteiger partial charge on any atom is 0.261 e. The summed E-state index contributed by atoms with van der Waals surface area (Å²) in [6.45, 7) is 13.0. The number of carbonyl (C=O) groups is 4. The summed E-state index contributed by atoms with van der Waals surface area (Å²) in [4.78, 5) is 59.1. The Morgan fingerprint density at radius 1 is 0.556 bits per heavy atom. The summed E-state index contributed by atoms with van der Waals surface area (Å²) in [6, 6.07) is 14.8. The van der Waals surface area contributed by atoms with Crippen LogP contribution >= 0.6 is 0 Å². The molecule has 0 radical (unpaired) electrons. The number of allylic oxidation sites excluding steroid dienone is 4. The van der Waals surface area contributed by atoms with Gasteiger partial charge >= 0.3 is 0 Å². The molecule has 0 aliphatic carbocycles. The molecule has 5 aromatic rings. The van der Waals surface area contributed by atoms with E-state index in [4.69, 9.17) is 0 Å². The predicted octanol–water partition coefficient (Wildman–Crippen LogP) is 10.2. The third-order valence-electron chi connectivity index (χ3n) is 11.4. The fraction of sp³-hybridized carbons (Fsp3) is 0.348. The van der Waals surface area contributed by atoms with Gasteiger partial charge in [0, 0.05) is 51.1 Å². The lowest BCUT2D eigenvalue weighted by Gasteiger charge is -2.31. The van der Waals surface area contributed by atoms with Gasteiger partial charge in [-0.05, 0) is 118 Å². The van der Waals surface area contributed by atoms with Crippen LogP contribution in [-0.4, -0.2) is 46.5 Å². The van der Waals surface area contributed by atoms with Gasteiger partial charge in [-0.15, -0.1) is 0 Å². The second-order valence-corrected chi connectivity index (χ2v) is 15.8. The lowest BCUT2D eigenvalue weighted by Crippen LogP contribution is -2.41. The molecule has 0 bridgehead atoms. The van der Waals surface area contributed by atoms with E-state index in [-0.39, 0.29) is 46.5 Å². The van der Waals surface area contributed by atoms with Crippen molar-refractivity contribution in [1.29, 1.82) is 10.5 Å². The quantitative estimate of drug-likeness (QED) is 0.0548.